The number of thiophene rings is 1. The summed E-state index contributed by atoms with van der Waals surface area (Å²) >= 11 is 1.45. The van der Waals surface area contributed by atoms with E-state index in [0.29, 0.717) is 10.6 Å². The van der Waals surface area contributed by atoms with E-state index in [1.54, 1.807) is 29.9 Å². The number of nitrogens with one attached hydrogen (secondary N) is 2. The topological polar surface area (TPSA) is 63.1 Å². The summed E-state index contributed by atoms with van der Waals surface area (Å²) in [4.78, 5) is 25.6. The van der Waals surface area contributed by atoms with Crippen LogP contribution in [0.15, 0.2) is 24.4 Å². The number of amides is 2. The van der Waals surface area contributed by atoms with Gasteiger partial charge in [0.05, 0.1) is 4.88 Å². The van der Waals surface area contributed by atoms with E-state index in [4.69, 9.17) is 0 Å². The van der Waals surface area contributed by atoms with Crippen molar-refractivity contribution in [1.29, 1.82) is 0 Å². The zero-order valence-electron chi connectivity index (χ0n) is 11.7. The van der Waals surface area contributed by atoms with E-state index in [9.17, 15) is 9.59 Å². The van der Waals surface area contributed by atoms with Crippen molar-refractivity contribution in [3.63, 3.8) is 0 Å². The van der Waals surface area contributed by atoms with E-state index < -0.39 is 0 Å². The Morgan fingerprint density at radius 2 is 2.00 bits per heavy atom. The Morgan fingerprint density at radius 1 is 1.30 bits per heavy atom. The Labute approximate surface area is 121 Å². The summed E-state index contributed by atoms with van der Waals surface area (Å²) < 4.78 is 1.69. The molecule has 0 unspecified atom stereocenters. The lowest BCUT2D eigenvalue weighted by molar-refractivity contribution is 0.0844. The molecule has 0 atom stereocenters. The van der Waals surface area contributed by atoms with Crippen LogP contribution in [-0.4, -0.2) is 16.4 Å². The maximum atomic E-state index is 12.0. The van der Waals surface area contributed by atoms with Crippen molar-refractivity contribution >= 4 is 23.2 Å². The highest BCUT2D eigenvalue weighted by Crippen LogP contribution is 2.21. The molecular weight excluding hydrogens is 274 g/mol. The normalized spacial score (nSPS) is 10.3. The molecule has 0 spiro atoms. The fourth-order valence-corrected chi connectivity index (χ4v) is 2.93. The molecule has 0 aliphatic carbocycles. The molecule has 2 rings (SSSR count). The highest BCUT2D eigenvalue weighted by Gasteiger charge is 2.14. The van der Waals surface area contributed by atoms with Gasteiger partial charge in [0.2, 0.25) is 0 Å². The second-order valence-electron chi connectivity index (χ2n) is 4.48. The van der Waals surface area contributed by atoms with E-state index in [0.717, 1.165) is 12.0 Å². The van der Waals surface area contributed by atoms with Gasteiger partial charge in [0.1, 0.15) is 5.69 Å². The molecule has 6 heteroatoms. The molecule has 0 saturated heterocycles. The van der Waals surface area contributed by atoms with Crippen molar-refractivity contribution < 1.29 is 9.59 Å². The number of hydrogen-bond acceptors (Lipinski definition) is 3. The van der Waals surface area contributed by atoms with Crippen LogP contribution in [-0.2, 0) is 13.5 Å². The lowest BCUT2D eigenvalue weighted by Gasteiger charge is -2.06. The first-order valence-corrected chi connectivity index (χ1v) is 7.16. The first-order chi connectivity index (χ1) is 9.52. The van der Waals surface area contributed by atoms with E-state index in [1.807, 2.05) is 13.0 Å². The molecule has 2 aromatic rings. The Kier molecular flexibility index (Phi) is 4.24. The third-order valence-electron chi connectivity index (χ3n) is 3.03. The monoisotopic (exact) mass is 291 g/mol. The van der Waals surface area contributed by atoms with Crippen LogP contribution in [0.25, 0.3) is 0 Å². The van der Waals surface area contributed by atoms with Crippen molar-refractivity contribution in [1.82, 2.24) is 15.4 Å². The van der Waals surface area contributed by atoms with Gasteiger partial charge < -0.3 is 4.57 Å². The zero-order valence-corrected chi connectivity index (χ0v) is 12.5. The molecule has 0 aliphatic rings. The lowest BCUT2D eigenvalue weighted by atomic mass is 10.2. The van der Waals surface area contributed by atoms with Gasteiger partial charge in [-0.25, -0.2) is 0 Å². The van der Waals surface area contributed by atoms with E-state index >= 15 is 0 Å². The van der Waals surface area contributed by atoms with Gasteiger partial charge >= 0.3 is 0 Å². The molecule has 2 N–H and O–H groups in total. The number of aryl methyl sites for hydroxylation is 3. The molecule has 0 radical (unpaired) electrons. The number of hydrogen-bond donors (Lipinski definition) is 2. The minimum atomic E-state index is -0.338. The molecule has 5 nitrogen and oxygen atoms in total. The van der Waals surface area contributed by atoms with E-state index in [2.05, 4.69) is 17.8 Å². The fourth-order valence-electron chi connectivity index (χ4n) is 1.92. The van der Waals surface area contributed by atoms with Gasteiger partial charge in [-0.2, -0.15) is 0 Å². The third kappa shape index (κ3) is 2.91. The molecule has 0 aliphatic heterocycles. The van der Waals surface area contributed by atoms with Crippen LogP contribution in [0, 0.1) is 6.92 Å². The second-order valence-corrected chi connectivity index (χ2v) is 5.62. The zero-order chi connectivity index (χ0) is 14.7. The number of carbonyl (C=O) groups excluding carboxylic acids is 2. The summed E-state index contributed by atoms with van der Waals surface area (Å²) in [5, 5.41) is 0. The first kappa shape index (κ1) is 14.3. The third-order valence-corrected chi connectivity index (χ3v) is 4.41. The Balaban J connectivity index is 1.98. The van der Waals surface area contributed by atoms with Crippen LogP contribution in [0.3, 0.4) is 0 Å². The number of rotatable bonds is 3. The highest BCUT2D eigenvalue weighted by atomic mass is 32.1. The molecule has 2 aromatic heterocycles. The summed E-state index contributed by atoms with van der Waals surface area (Å²) in [6.45, 7) is 4.03. The number of aromatic nitrogens is 1. The average molecular weight is 291 g/mol. The van der Waals surface area contributed by atoms with Crippen molar-refractivity contribution in [3.05, 3.63) is 45.4 Å². The minimum absolute atomic E-state index is 0.291. The van der Waals surface area contributed by atoms with Crippen LogP contribution in [0.1, 0.15) is 37.5 Å². The smallest absolute Gasteiger partial charge is 0.286 e. The summed E-state index contributed by atoms with van der Waals surface area (Å²) in [5.74, 6) is -0.629. The van der Waals surface area contributed by atoms with Crippen LogP contribution < -0.4 is 10.9 Å². The minimum Gasteiger partial charge on any atom is -0.347 e. The van der Waals surface area contributed by atoms with Gasteiger partial charge in [0.15, 0.2) is 0 Å². The number of nitrogens with zero attached hydrogens (tertiary/aromatic N) is 1. The maximum absolute atomic E-state index is 12.0. The quantitative estimate of drug-likeness (QED) is 0.850. The van der Waals surface area contributed by atoms with Gasteiger partial charge in [-0.1, -0.05) is 6.92 Å². The van der Waals surface area contributed by atoms with Crippen LogP contribution in [0.2, 0.25) is 0 Å². The Bertz CT molecular complexity index is 643. The molecule has 0 saturated carbocycles. The SMILES string of the molecule is CCc1sc(C(=O)NNC(=O)c2cccn2C)cc1C. The van der Waals surface area contributed by atoms with Gasteiger partial charge in [-0.05, 0) is 37.1 Å². The molecule has 2 amide bonds. The summed E-state index contributed by atoms with van der Waals surface area (Å²) in [6, 6.07) is 5.30. The van der Waals surface area contributed by atoms with Gasteiger partial charge in [0, 0.05) is 18.1 Å². The molecule has 20 heavy (non-hydrogen) atoms. The highest BCUT2D eigenvalue weighted by molar-refractivity contribution is 7.14. The van der Waals surface area contributed by atoms with Gasteiger partial charge in [-0.3, -0.25) is 20.4 Å². The molecule has 0 aromatic carbocycles. The average Bonchev–Trinajstić information content (AvgIpc) is 3.01. The van der Waals surface area contributed by atoms with Crippen LogP contribution in [0.4, 0.5) is 0 Å². The standard InChI is InChI=1S/C14H17N3O2S/c1-4-11-9(2)8-12(20-11)14(19)16-15-13(18)10-6-5-7-17(10)3/h5-8H,4H2,1-3H3,(H,15,18)(H,16,19). The predicted octanol–water partition coefficient (Wildman–Crippen LogP) is 2.03. The number of hydrazine groups is 1. The predicted molar refractivity (Wildman–Crippen MR) is 78.8 cm³/mol. The van der Waals surface area contributed by atoms with Crippen LogP contribution >= 0.6 is 11.3 Å². The maximum Gasteiger partial charge on any atom is 0.286 e. The van der Waals surface area contributed by atoms with Crippen molar-refractivity contribution in [2.24, 2.45) is 7.05 Å². The first-order valence-electron chi connectivity index (χ1n) is 6.34. The number of carbonyl (C=O) groups is 2. The van der Waals surface area contributed by atoms with Crippen LogP contribution in [0.5, 0.6) is 0 Å². The van der Waals surface area contributed by atoms with Crippen molar-refractivity contribution in [2.75, 3.05) is 0 Å². The van der Waals surface area contributed by atoms with Crippen molar-refractivity contribution in [2.45, 2.75) is 20.3 Å². The summed E-state index contributed by atoms with van der Waals surface area (Å²) in [5.41, 5.74) is 6.45. The second kappa shape index (κ2) is 5.92. The Hall–Kier alpha value is -2.08. The molecule has 0 bridgehead atoms. The molecule has 0 fully saturated rings. The van der Waals surface area contributed by atoms with E-state index in [1.165, 1.54) is 16.2 Å². The molecular formula is C14H17N3O2S. The largest absolute Gasteiger partial charge is 0.347 e. The van der Waals surface area contributed by atoms with E-state index in [-0.39, 0.29) is 11.8 Å². The van der Waals surface area contributed by atoms with Gasteiger partial charge in [0.25, 0.3) is 11.8 Å². The Morgan fingerprint density at radius 3 is 2.55 bits per heavy atom. The fraction of sp³-hybridized carbons (Fsp3) is 0.286. The lowest BCUT2D eigenvalue weighted by Crippen LogP contribution is -2.41. The molecule has 106 valence electrons. The molecule has 2 heterocycles. The summed E-state index contributed by atoms with van der Waals surface area (Å²) in [7, 11) is 1.77. The van der Waals surface area contributed by atoms with Crippen molar-refractivity contribution in [3.8, 4) is 0 Å². The van der Waals surface area contributed by atoms with Gasteiger partial charge in [-0.15, -0.1) is 11.3 Å². The summed E-state index contributed by atoms with van der Waals surface area (Å²) in [6.07, 6.45) is 2.67.